The molecular weight excluding hydrogens is 337 g/mol. The van der Waals surface area contributed by atoms with Crippen molar-refractivity contribution in [3.05, 3.63) is 32.9 Å². The summed E-state index contributed by atoms with van der Waals surface area (Å²) in [6, 6.07) is 5.75. The molecule has 0 radical (unpaired) electrons. The van der Waals surface area contributed by atoms with E-state index in [1.165, 1.54) is 0 Å². The Labute approximate surface area is 112 Å². The second-order valence-electron chi connectivity index (χ2n) is 3.52. The van der Waals surface area contributed by atoms with Crippen LogP contribution in [0.15, 0.2) is 18.2 Å². The van der Waals surface area contributed by atoms with Gasteiger partial charge in [-0.15, -0.1) is 0 Å². The van der Waals surface area contributed by atoms with Crippen LogP contribution in [0, 0.1) is 10.5 Å². The van der Waals surface area contributed by atoms with Gasteiger partial charge < -0.3 is 5.32 Å². The second-order valence-corrected chi connectivity index (χ2v) is 6.23. The molecule has 1 unspecified atom stereocenters. The molecule has 1 aromatic rings. The molecule has 5 heteroatoms. The molecule has 1 N–H and O–H groups in total. The maximum atomic E-state index is 11.8. The van der Waals surface area contributed by atoms with Crippen LogP contribution >= 0.6 is 22.6 Å². The average Bonchev–Trinajstić information content (AvgIpc) is 2.21. The molecule has 88 valence electrons. The lowest BCUT2D eigenvalue weighted by Gasteiger charge is -2.06. The van der Waals surface area contributed by atoms with Crippen molar-refractivity contribution < 1.29 is 9.00 Å². The lowest BCUT2D eigenvalue weighted by atomic mass is 10.1. The van der Waals surface area contributed by atoms with E-state index >= 15 is 0 Å². The number of halogens is 1. The molecule has 0 aliphatic carbocycles. The van der Waals surface area contributed by atoms with Crippen molar-refractivity contribution in [1.82, 2.24) is 5.32 Å². The third-order valence-corrected chi connectivity index (χ3v) is 3.76. The van der Waals surface area contributed by atoms with Gasteiger partial charge in [-0.05, 0) is 41.6 Å². The van der Waals surface area contributed by atoms with E-state index in [9.17, 15) is 9.00 Å². The maximum absolute atomic E-state index is 11.8. The molecule has 1 atom stereocenters. The molecule has 0 fully saturated rings. The fourth-order valence-corrected chi connectivity index (χ4v) is 2.19. The van der Waals surface area contributed by atoms with Crippen molar-refractivity contribution in [1.29, 1.82) is 0 Å². The zero-order valence-electron chi connectivity index (χ0n) is 9.25. The van der Waals surface area contributed by atoms with E-state index in [1.807, 2.05) is 25.1 Å². The number of hydrogen-bond acceptors (Lipinski definition) is 2. The molecule has 0 spiro atoms. The normalized spacial score (nSPS) is 12.2. The van der Waals surface area contributed by atoms with Gasteiger partial charge in [-0.1, -0.05) is 11.6 Å². The van der Waals surface area contributed by atoms with E-state index in [1.54, 1.807) is 6.26 Å². The number of hydrogen-bond donors (Lipinski definition) is 1. The molecule has 0 heterocycles. The highest BCUT2D eigenvalue weighted by atomic mass is 127. The van der Waals surface area contributed by atoms with Crippen LogP contribution in [0.3, 0.4) is 0 Å². The number of carbonyl (C=O) groups is 1. The molecule has 0 saturated heterocycles. The summed E-state index contributed by atoms with van der Waals surface area (Å²) in [5, 5.41) is 2.76. The fourth-order valence-electron chi connectivity index (χ4n) is 1.22. The molecule has 1 rings (SSSR count). The first-order valence-corrected chi connectivity index (χ1v) is 7.65. The number of nitrogens with one attached hydrogen (secondary N) is 1. The van der Waals surface area contributed by atoms with Gasteiger partial charge in [-0.3, -0.25) is 9.00 Å². The van der Waals surface area contributed by atoms with Crippen LogP contribution in [0.5, 0.6) is 0 Å². The highest BCUT2D eigenvalue weighted by Gasteiger charge is 2.09. The monoisotopic (exact) mass is 351 g/mol. The van der Waals surface area contributed by atoms with Crippen molar-refractivity contribution in [2.45, 2.75) is 6.92 Å². The number of rotatable bonds is 4. The molecule has 3 nitrogen and oxygen atoms in total. The van der Waals surface area contributed by atoms with Crippen LogP contribution in [-0.4, -0.2) is 28.7 Å². The Bertz CT molecular complexity index is 420. The Balaban J connectivity index is 2.65. The van der Waals surface area contributed by atoms with Gasteiger partial charge in [0.05, 0.1) is 5.56 Å². The summed E-state index contributed by atoms with van der Waals surface area (Å²) in [4.78, 5) is 11.8. The van der Waals surface area contributed by atoms with Crippen LogP contribution in [-0.2, 0) is 10.8 Å². The third kappa shape index (κ3) is 4.21. The lowest BCUT2D eigenvalue weighted by Crippen LogP contribution is -2.28. The van der Waals surface area contributed by atoms with Gasteiger partial charge in [-0.2, -0.15) is 0 Å². The van der Waals surface area contributed by atoms with Gasteiger partial charge in [0, 0.05) is 32.9 Å². The largest absolute Gasteiger partial charge is 0.351 e. The van der Waals surface area contributed by atoms with Gasteiger partial charge >= 0.3 is 0 Å². The minimum Gasteiger partial charge on any atom is -0.351 e. The minimum atomic E-state index is -0.865. The predicted octanol–water partition coefficient (Wildman–Crippen LogP) is 1.71. The zero-order chi connectivity index (χ0) is 12.1. The van der Waals surface area contributed by atoms with Crippen molar-refractivity contribution in [3.8, 4) is 0 Å². The first-order chi connectivity index (χ1) is 7.50. The molecule has 0 bridgehead atoms. The quantitative estimate of drug-likeness (QED) is 0.840. The topological polar surface area (TPSA) is 46.2 Å². The molecule has 1 aromatic carbocycles. The second kappa shape index (κ2) is 6.34. The Kier molecular flexibility index (Phi) is 5.40. The summed E-state index contributed by atoms with van der Waals surface area (Å²) in [5.41, 5.74) is 1.74. The zero-order valence-corrected chi connectivity index (χ0v) is 12.2. The predicted molar refractivity (Wildman–Crippen MR) is 75.2 cm³/mol. The van der Waals surface area contributed by atoms with Crippen LogP contribution < -0.4 is 5.32 Å². The molecule has 0 aliphatic heterocycles. The number of amides is 1. The molecular formula is C11H14INO2S. The van der Waals surface area contributed by atoms with E-state index in [0.29, 0.717) is 17.9 Å². The summed E-state index contributed by atoms with van der Waals surface area (Å²) in [5.74, 6) is 0.396. The van der Waals surface area contributed by atoms with Crippen molar-refractivity contribution in [2.24, 2.45) is 0 Å². The highest BCUT2D eigenvalue weighted by Crippen LogP contribution is 2.13. The van der Waals surface area contributed by atoms with Crippen LogP contribution in [0.2, 0.25) is 0 Å². The SMILES string of the molecule is Cc1ccc(I)c(C(=O)NCCS(C)=O)c1. The van der Waals surface area contributed by atoms with E-state index in [2.05, 4.69) is 27.9 Å². The van der Waals surface area contributed by atoms with Crippen LogP contribution in [0.4, 0.5) is 0 Å². The first-order valence-electron chi connectivity index (χ1n) is 4.85. The Morgan fingerprint density at radius 1 is 1.50 bits per heavy atom. The van der Waals surface area contributed by atoms with Crippen LogP contribution in [0.1, 0.15) is 15.9 Å². The summed E-state index contributed by atoms with van der Waals surface area (Å²) in [6.45, 7) is 2.40. The summed E-state index contributed by atoms with van der Waals surface area (Å²) in [7, 11) is -0.865. The summed E-state index contributed by atoms with van der Waals surface area (Å²) < 4.78 is 11.8. The van der Waals surface area contributed by atoms with Gasteiger partial charge in [-0.25, -0.2) is 0 Å². The Morgan fingerprint density at radius 2 is 2.19 bits per heavy atom. The maximum Gasteiger partial charge on any atom is 0.252 e. The smallest absolute Gasteiger partial charge is 0.252 e. The van der Waals surface area contributed by atoms with Gasteiger partial charge in [0.25, 0.3) is 5.91 Å². The molecule has 0 saturated carbocycles. The van der Waals surface area contributed by atoms with E-state index in [4.69, 9.17) is 0 Å². The summed E-state index contributed by atoms with van der Waals surface area (Å²) >= 11 is 2.14. The minimum absolute atomic E-state index is 0.0986. The first kappa shape index (κ1) is 13.6. The Morgan fingerprint density at radius 3 is 2.81 bits per heavy atom. The van der Waals surface area contributed by atoms with Crippen molar-refractivity contribution in [2.75, 3.05) is 18.6 Å². The average molecular weight is 351 g/mol. The highest BCUT2D eigenvalue weighted by molar-refractivity contribution is 14.1. The third-order valence-electron chi connectivity index (χ3n) is 2.04. The molecule has 16 heavy (non-hydrogen) atoms. The fraction of sp³-hybridized carbons (Fsp3) is 0.364. The van der Waals surface area contributed by atoms with Gasteiger partial charge in [0.15, 0.2) is 0 Å². The van der Waals surface area contributed by atoms with E-state index in [0.717, 1.165) is 9.13 Å². The lowest BCUT2D eigenvalue weighted by molar-refractivity contribution is 0.0955. The Hall–Kier alpha value is -0.430. The van der Waals surface area contributed by atoms with E-state index < -0.39 is 10.8 Å². The van der Waals surface area contributed by atoms with E-state index in [-0.39, 0.29) is 5.91 Å². The van der Waals surface area contributed by atoms with Crippen molar-refractivity contribution in [3.63, 3.8) is 0 Å². The molecule has 0 aliphatic rings. The van der Waals surface area contributed by atoms with Crippen LogP contribution in [0.25, 0.3) is 0 Å². The van der Waals surface area contributed by atoms with Gasteiger partial charge in [0.1, 0.15) is 0 Å². The number of aryl methyl sites for hydroxylation is 1. The van der Waals surface area contributed by atoms with Crippen molar-refractivity contribution >= 4 is 39.3 Å². The number of carbonyl (C=O) groups excluding carboxylic acids is 1. The number of benzene rings is 1. The molecule has 0 aromatic heterocycles. The van der Waals surface area contributed by atoms with Gasteiger partial charge in [0.2, 0.25) is 0 Å². The summed E-state index contributed by atoms with van der Waals surface area (Å²) in [6.07, 6.45) is 1.63. The standard InChI is InChI=1S/C11H14INO2S/c1-8-3-4-10(12)9(7-8)11(14)13-5-6-16(2)15/h3-4,7H,5-6H2,1-2H3,(H,13,14). The molecule has 1 amide bonds.